The molecule has 0 unspecified atom stereocenters. The van der Waals surface area contributed by atoms with Crippen molar-refractivity contribution in [2.45, 2.75) is 65.1 Å². The van der Waals surface area contributed by atoms with Gasteiger partial charge in [0.25, 0.3) is 0 Å². The number of nitrogens with zero attached hydrogens (tertiary/aromatic N) is 2. The number of likely N-dealkylation sites (tertiary alicyclic amines) is 1. The molecule has 7 heteroatoms. The predicted octanol–water partition coefficient (Wildman–Crippen LogP) is 2.66. The molecule has 1 heterocycles. The summed E-state index contributed by atoms with van der Waals surface area (Å²) in [6.45, 7) is 5.96. The minimum absolute atomic E-state index is 0.00185. The summed E-state index contributed by atoms with van der Waals surface area (Å²) in [6.07, 6.45) is 5.83. The van der Waals surface area contributed by atoms with E-state index < -0.39 is 6.04 Å². The monoisotopic (exact) mass is 439 g/mol. The van der Waals surface area contributed by atoms with Crippen molar-refractivity contribution >= 4 is 23.6 Å². The average molecular weight is 440 g/mol. The third kappa shape index (κ3) is 5.26. The molecule has 1 saturated heterocycles. The summed E-state index contributed by atoms with van der Waals surface area (Å²) in [4.78, 5) is 54.2. The van der Waals surface area contributed by atoms with Gasteiger partial charge in [0.1, 0.15) is 6.04 Å². The Morgan fingerprint density at radius 3 is 2.22 bits per heavy atom. The average Bonchev–Trinajstić information content (AvgIpc) is 3.05. The van der Waals surface area contributed by atoms with E-state index in [1.54, 1.807) is 6.92 Å². The normalized spacial score (nSPS) is 21.8. The lowest BCUT2D eigenvalue weighted by molar-refractivity contribution is -0.143. The largest absolute Gasteiger partial charge is 0.352 e. The van der Waals surface area contributed by atoms with Crippen LogP contribution in [0.5, 0.6) is 0 Å². The fourth-order valence-corrected chi connectivity index (χ4v) is 4.27. The van der Waals surface area contributed by atoms with Gasteiger partial charge in [-0.05, 0) is 38.7 Å². The van der Waals surface area contributed by atoms with Gasteiger partial charge in [-0.1, -0.05) is 49.4 Å². The SMILES string of the molecule is CC[C@@H](C)NC(=O)[C@H](C)N(Cc1ccccc1)C(=O)CCN1C(=O)[C@H]2CC=CC[C@H]2C1=O. The van der Waals surface area contributed by atoms with Crippen LogP contribution in [0.15, 0.2) is 42.5 Å². The molecule has 4 atom stereocenters. The van der Waals surface area contributed by atoms with Gasteiger partial charge in [-0.3, -0.25) is 24.1 Å². The van der Waals surface area contributed by atoms with Crippen molar-refractivity contribution in [1.82, 2.24) is 15.1 Å². The number of hydrogen-bond acceptors (Lipinski definition) is 4. The molecule has 1 aliphatic carbocycles. The fraction of sp³-hybridized carbons (Fsp3) is 0.520. The van der Waals surface area contributed by atoms with Crippen molar-refractivity contribution in [2.75, 3.05) is 6.54 Å². The first-order chi connectivity index (χ1) is 15.3. The Balaban J connectivity index is 1.69. The minimum atomic E-state index is -0.673. The van der Waals surface area contributed by atoms with Crippen molar-refractivity contribution in [3.8, 4) is 0 Å². The van der Waals surface area contributed by atoms with Gasteiger partial charge in [-0.25, -0.2) is 0 Å². The molecule has 1 aliphatic heterocycles. The van der Waals surface area contributed by atoms with Gasteiger partial charge in [0, 0.05) is 25.6 Å². The van der Waals surface area contributed by atoms with Crippen molar-refractivity contribution < 1.29 is 19.2 Å². The van der Waals surface area contributed by atoms with E-state index in [4.69, 9.17) is 0 Å². The van der Waals surface area contributed by atoms with Gasteiger partial charge < -0.3 is 10.2 Å². The number of rotatable bonds is 9. The summed E-state index contributed by atoms with van der Waals surface area (Å²) in [5.74, 6) is -1.45. The van der Waals surface area contributed by atoms with E-state index in [2.05, 4.69) is 5.32 Å². The van der Waals surface area contributed by atoms with Crippen LogP contribution in [0.25, 0.3) is 0 Å². The minimum Gasteiger partial charge on any atom is -0.352 e. The lowest BCUT2D eigenvalue weighted by Crippen LogP contribution is -2.50. The van der Waals surface area contributed by atoms with E-state index in [-0.39, 0.29) is 61.0 Å². The molecular weight excluding hydrogens is 406 g/mol. The second kappa shape index (κ2) is 10.6. The zero-order valence-corrected chi connectivity index (χ0v) is 19.1. The zero-order chi connectivity index (χ0) is 23.3. The summed E-state index contributed by atoms with van der Waals surface area (Å²) in [5.41, 5.74) is 0.912. The number of benzene rings is 1. The molecule has 0 aromatic heterocycles. The van der Waals surface area contributed by atoms with Gasteiger partial charge in [-0.2, -0.15) is 0 Å². The topological polar surface area (TPSA) is 86.8 Å². The maximum absolute atomic E-state index is 13.2. The highest BCUT2D eigenvalue weighted by molar-refractivity contribution is 6.05. The third-order valence-electron chi connectivity index (χ3n) is 6.51. The van der Waals surface area contributed by atoms with Gasteiger partial charge in [0.2, 0.25) is 23.6 Å². The maximum Gasteiger partial charge on any atom is 0.242 e. The molecule has 172 valence electrons. The second-order valence-electron chi connectivity index (χ2n) is 8.74. The number of allylic oxidation sites excluding steroid dienone is 2. The molecule has 4 amide bonds. The fourth-order valence-electron chi connectivity index (χ4n) is 4.27. The maximum atomic E-state index is 13.2. The van der Waals surface area contributed by atoms with Crippen LogP contribution in [0, 0.1) is 11.8 Å². The van der Waals surface area contributed by atoms with E-state index in [1.165, 1.54) is 9.80 Å². The predicted molar refractivity (Wildman–Crippen MR) is 121 cm³/mol. The van der Waals surface area contributed by atoms with Crippen LogP contribution in [0.1, 0.15) is 52.0 Å². The number of imide groups is 1. The van der Waals surface area contributed by atoms with E-state index in [0.29, 0.717) is 12.8 Å². The Kier molecular flexibility index (Phi) is 7.83. The molecule has 1 fully saturated rings. The molecule has 1 aromatic carbocycles. The molecular formula is C25H33N3O4. The van der Waals surface area contributed by atoms with Crippen molar-refractivity contribution in [3.05, 3.63) is 48.0 Å². The Morgan fingerprint density at radius 1 is 1.06 bits per heavy atom. The number of carbonyl (C=O) groups excluding carboxylic acids is 4. The van der Waals surface area contributed by atoms with Crippen molar-refractivity contribution in [3.63, 3.8) is 0 Å². The molecule has 0 radical (unpaired) electrons. The standard InChI is InChI=1S/C25H33N3O4/c1-4-17(2)26-23(30)18(3)28(16-19-10-6-5-7-11-19)22(29)14-15-27-24(31)20-12-8-9-13-21(20)25(27)32/h5-11,17-18,20-21H,4,12-16H2,1-3H3,(H,26,30)/t17-,18+,20-,21+/m1/s1. The highest BCUT2D eigenvalue weighted by Crippen LogP contribution is 2.35. The molecule has 0 spiro atoms. The summed E-state index contributed by atoms with van der Waals surface area (Å²) < 4.78 is 0. The zero-order valence-electron chi connectivity index (χ0n) is 19.1. The number of nitrogens with one attached hydrogen (secondary N) is 1. The Bertz CT molecular complexity index is 856. The Labute approximate surface area is 189 Å². The lowest BCUT2D eigenvalue weighted by Gasteiger charge is -2.30. The summed E-state index contributed by atoms with van der Waals surface area (Å²) >= 11 is 0. The van der Waals surface area contributed by atoms with Gasteiger partial charge in [0.05, 0.1) is 11.8 Å². The summed E-state index contributed by atoms with van der Waals surface area (Å²) in [6, 6.07) is 8.82. The number of amides is 4. The van der Waals surface area contributed by atoms with Crippen LogP contribution in [-0.2, 0) is 25.7 Å². The Morgan fingerprint density at radius 2 is 1.66 bits per heavy atom. The van der Waals surface area contributed by atoms with Gasteiger partial charge >= 0.3 is 0 Å². The number of carbonyl (C=O) groups is 4. The molecule has 1 aromatic rings. The highest BCUT2D eigenvalue weighted by Gasteiger charge is 2.47. The third-order valence-corrected chi connectivity index (χ3v) is 6.51. The smallest absolute Gasteiger partial charge is 0.242 e. The van der Waals surface area contributed by atoms with Crippen LogP contribution in [0.4, 0.5) is 0 Å². The Hall–Kier alpha value is -2.96. The summed E-state index contributed by atoms with van der Waals surface area (Å²) in [7, 11) is 0. The van der Waals surface area contributed by atoms with Crippen LogP contribution in [0.2, 0.25) is 0 Å². The molecule has 32 heavy (non-hydrogen) atoms. The van der Waals surface area contributed by atoms with Gasteiger partial charge in [0.15, 0.2) is 0 Å². The van der Waals surface area contributed by atoms with Crippen LogP contribution in [-0.4, -0.2) is 52.1 Å². The first kappa shape index (κ1) is 23.7. The van der Waals surface area contributed by atoms with E-state index in [0.717, 1.165) is 12.0 Å². The molecule has 2 aliphatic rings. The number of hydrogen-bond donors (Lipinski definition) is 1. The van der Waals surface area contributed by atoms with Gasteiger partial charge in [-0.15, -0.1) is 0 Å². The second-order valence-corrected chi connectivity index (χ2v) is 8.74. The first-order valence-electron chi connectivity index (χ1n) is 11.5. The first-order valence-corrected chi connectivity index (χ1v) is 11.5. The molecule has 3 rings (SSSR count). The molecule has 1 N–H and O–H groups in total. The van der Waals surface area contributed by atoms with E-state index >= 15 is 0 Å². The summed E-state index contributed by atoms with van der Waals surface area (Å²) in [5, 5.41) is 2.94. The van der Waals surface area contributed by atoms with Crippen LogP contribution < -0.4 is 5.32 Å². The van der Waals surface area contributed by atoms with Crippen LogP contribution >= 0.6 is 0 Å². The molecule has 7 nitrogen and oxygen atoms in total. The van der Waals surface area contributed by atoms with Crippen molar-refractivity contribution in [2.24, 2.45) is 11.8 Å². The number of fused-ring (bicyclic) bond motifs is 1. The highest BCUT2D eigenvalue weighted by atomic mass is 16.2. The quantitative estimate of drug-likeness (QED) is 0.473. The van der Waals surface area contributed by atoms with Crippen molar-refractivity contribution in [1.29, 1.82) is 0 Å². The van der Waals surface area contributed by atoms with E-state index in [1.807, 2.05) is 56.3 Å². The lowest BCUT2D eigenvalue weighted by atomic mass is 9.85. The van der Waals surface area contributed by atoms with E-state index in [9.17, 15) is 19.2 Å². The van der Waals surface area contributed by atoms with Crippen LogP contribution in [0.3, 0.4) is 0 Å². The molecule has 0 bridgehead atoms. The molecule has 0 saturated carbocycles.